The highest BCUT2D eigenvalue weighted by Crippen LogP contribution is 2.27. The lowest BCUT2D eigenvalue weighted by molar-refractivity contribution is 0.415. The number of sulfonamides is 1. The topological polar surface area (TPSA) is 46.6 Å². The van der Waals surface area contributed by atoms with Gasteiger partial charge in [0.15, 0.2) is 0 Å². The fourth-order valence-electron chi connectivity index (χ4n) is 1.76. The Labute approximate surface area is 117 Å². The number of hydrogen-bond acceptors (Lipinski definition) is 4. The number of hydrogen-bond donors (Lipinski definition) is 0. The first-order valence-corrected chi connectivity index (χ1v) is 8.12. The van der Waals surface area contributed by atoms with Gasteiger partial charge in [-0.1, -0.05) is 6.07 Å². The van der Waals surface area contributed by atoms with Crippen molar-refractivity contribution < 1.29 is 13.2 Å². The quantitative estimate of drug-likeness (QED) is 0.852. The zero-order chi connectivity index (χ0) is 13.9. The summed E-state index contributed by atoms with van der Waals surface area (Å²) in [6, 6.07) is 10.3. The van der Waals surface area contributed by atoms with Gasteiger partial charge < -0.3 is 4.74 Å². The van der Waals surface area contributed by atoms with Gasteiger partial charge in [0.25, 0.3) is 10.0 Å². The highest BCUT2D eigenvalue weighted by atomic mass is 32.2. The molecule has 102 valence electrons. The first-order chi connectivity index (χ1) is 9.09. The number of methoxy groups -OCH3 is 1. The van der Waals surface area contributed by atoms with E-state index in [1.165, 1.54) is 15.6 Å². The molecule has 0 spiro atoms. The van der Waals surface area contributed by atoms with Crippen molar-refractivity contribution in [3.05, 3.63) is 41.8 Å². The maximum Gasteiger partial charge on any atom is 0.273 e. The summed E-state index contributed by atoms with van der Waals surface area (Å²) in [6.07, 6.45) is 0. The van der Waals surface area contributed by atoms with E-state index in [9.17, 15) is 8.42 Å². The molecule has 0 aliphatic rings. The van der Waals surface area contributed by atoms with Crippen molar-refractivity contribution in [1.82, 2.24) is 0 Å². The fraction of sp³-hybridized carbons (Fsp3) is 0.231. The number of thiophene rings is 1. The lowest BCUT2D eigenvalue weighted by Gasteiger charge is -2.22. The Balaban J connectivity index is 2.39. The third kappa shape index (κ3) is 2.74. The standard InChI is InChI=1S/C13H15NO3S2/c1-3-14(11-6-8-12(17-2)9-7-11)19(15,16)13-5-4-10-18-13/h4-10H,3H2,1-2H3. The minimum Gasteiger partial charge on any atom is -0.497 e. The van der Waals surface area contributed by atoms with Crippen LogP contribution in [-0.2, 0) is 10.0 Å². The summed E-state index contributed by atoms with van der Waals surface area (Å²) < 4.78 is 31.8. The molecule has 6 heteroatoms. The second kappa shape index (κ2) is 5.63. The van der Waals surface area contributed by atoms with Gasteiger partial charge in [-0.05, 0) is 42.6 Å². The van der Waals surface area contributed by atoms with Crippen LogP contribution in [0.5, 0.6) is 5.75 Å². The van der Waals surface area contributed by atoms with Crippen molar-refractivity contribution in [1.29, 1.82) is 0 Å². The molecule has 1 aromatic carbocycles. The van der Waals surface area contributed by atoms with Gasteiger partial charge in [0.05, 0.1) is 12.8 Å². The highest BCUT2D eigenvalue weighted by molar-refractivity contribution is 7.94. The molecule has 2 rings (SSSR count). The Kier molecular flexibility index (Phi) is 4.11. The minimum absolute atomic E-state index is 0.352. The number of ether oxygens (including phenoxy) is 1. The molecule has 0 aliphatic heterocycles. The minimum atomic E-state index is -3.47. The van der Waals surface area contributed by atoms with Gasteiger partial charge in [-0.25, -0.2) is 8.42 Å². The van der Waals surface area contributed by atoms with Gasteiger partial charge in [0.1, 0.15) is 9.96 Å². The van der Waals surface area contributed by atoms with E-state index in [1.807, 2.05) is 6.92 Å². The molecule has 0 radical (unpaired) electrons. The maximum absolute atomic E-state index is 12.5. The van der Waals surface area contributed by atoms with Crippen LogP contribution in [0.15, 0.2) is 46.0 Å². The van der Waals surface area contributed by atoms with Crippen molar-refractivity contribution in [3.8, 4) is 5.75 Å². The van der Waals surface area contributed by atoms with Gasteiger partial charge in [-0.3, -0.25) is 4.31 Å². The zero-order valence-corrected chi connectivity index (χ0v) is 12.4. The SMILES string of the molecule is CCN(c1ccc(OC)cc1)S(=O)(=O)c1cccs1. The zero-order valence-electron chi connectivity index (χ0n) is 10.7. The molecule has 1 heterocycles. The Morgan fingerprint density at radius 1 is 1.21 bits per heavy atom. The molecule has 0 bridgehead atoms. The average Bonchev–Trinajstić information content (AvgIpc) is 2.95. The van der Waals surface area contributed by atoms with Crippen molar-refractivity contribution in [2.24, 2.45) is 0 Å². The Bertz CT molecular complexity index is 618. The van der Waals surface area contributed by atoms with Crippen molar-refractivity contribution in [3.63, 3.8) is 0 Å². The molecule has 2 aromatic rings. The molecule has 1 aromatic heterocycles. The molecule has 19 heavy (non-hydrogen) atoms. The van der Waals surface area contributed by atoms with Crippen LogP contribution < -0.4 is 9.04 Å². The monoisotopic (exact) mass is 297 g/mol. The van der Waals surface area contributed by atoms with Crippen molar-refractivity contribution in [2.45, 2.75) is 11.1 Å². The van der Waals surface area contributed by atoms with Crippen LogP contribution in [0.1, 0.15) is 6.92 Å². The molecular formula is C13H15NO3S2. The Morgan fingerprint density at radius 2 is 1.89 bits per heavy atom. The molecule has 0 atom stereocenters. The molecule has 0 N–H and O–H groups in total. The van der Waals surface area contributed by atoms with Crippen LogP contribution in [0, 0.1) is 0 Å². The molecular weight excluding hydrogens is 282 g/mol. The molecule has 0 saturated carbocycles. The number of rotatable bonds is 5. The Morgan fingerprint density at radius 3 is 2.37 bits per heavy atom. The maximum atomic E-state index is 12.5. The van der Waals surface area contributed by atoms with E-state index in [0.29, 0.717) is 22.2 Å². The molecule has 0 saturated heterocycles. The lowest BCUT2D eigenvalue weighted by atomic mass is 10.3. The van der Waals surface area contributed by atoms with Crippen LogP contribution in [0.25, 0.3) is 0 Å². The van der Waals surface area contributed by atoms with E-state index < -0.39 is 10.0 Å². The van der Waals surface area contributed by atoms with E-state index >= 15 is 0 Å². The predicted octanol–water partition coefficient (Wildman–Crippen LogP) is 2.97. The lowest BCUT2D eigenvalue weighted by Crippen LogP contribution is -2.30. The Hall–Kier alpha value is -1.53. The molecule has 0 fully saturated rings. The van der Waals surface area contributed by atoms with Crippen LogP contribution in [-0.4, -0.2) is 22.1 Å². The van der Waals surface area contributed by atoms with E-state index in [4.69, 9.17) is 4.74 Å². The molecule has 4 nitrogen and oxygen atoms in total. The summed E-state index contributed by atoms with van der Waals surface area (Å²) in [5.74, 6) is 0.702. The third-order valence-electron chi connectivity index (χ3n) is 2.69. The average molecular weight is 297 g/mol. The predicted molar refractivity (Wildman–Crippen MR) is 77.5 cm³/mol. The summed E-state index contributed by atoms with van der Waals surface area (Å²) in [6.45, 7) is 2.20. The molecule has 0 aliphatic carbocycles. The van der Waals surface area contributed by atoms with Gasteiger partial charge in [0.2, 0.25) is 0 Å². The highest BCUT2D eigenvalue weighted by Gasteiger charge is 2.24. The fourth-order valence-corrected chi connectivity index (χ4v) is 4.34. The molecule has 0 amide bonds. The number of benzene rings is 1. The van der Waals surface area contributed by atoms with E-state index in [2.05, 4.69) is 0 Å². The second-order valence-corrected chi connectivity index (χ2v) is 6.84. The first-order valence-electron chi connectivity index (χ1n) is 5.80. The third-order valence-corrected chi connectivity index (χ3v) is 5.96. The van der Waals surface area contributed by atoms with Gasteiger partial charge >= 0.3 is 0 Å². The van der Waals surface area contributed by atoms with Gasteiger partial charge in [-0.15, -0.1) is 11.3 Å². The second-order valence-electron chi connectivity index (χ2n) is 3.80. The van der Waals surface area contributed by atoms with E-state index in [0.717, 1.165) is 0 Å². The van der Waals surface area contributed by atoms with Crippen LogP contribution in [0.3, 0.4) is 0 Å². The summed E-state index contributed by atoms with van der Waals surface area (Å²) >= 11 is 1.22. The van der Waals surface area contributed by atoms with Crippen LogP contribution in [0.4, 0.5) is 5.69 Å². The normalized spacial score (nSPS) is 11.3. The van der Waals surface area contributed by atoms with Crippen LogP contribution >= 0.6 is 11.3 Å². The van der Waals surface area contributed by atoms with Gasteiger partial charge in [0, 0.05) is 6.54 Å². The largest absolute Gasteiger partial charge is 0.497 e. The van der Waals surface area contributed by atoms with Crippen LogP contribution in [0.2, 0.25) is 0 Å². The number of nitrogens with zero attached hydrogens (tertiary/aromatic N) is 1. The van der Waals surface area contributed by atoms with Crippen molar-refractivity contribution >= 4 is 27.0 Å². The molecule has 0 unspecified atom stereocenters. The summed E-state index contributed by atoms with van der Waals surface area (Å²) in [4.78, 5) is 0. The summed E-state index contributed by atoms with van der Waals surface area (Å²) in [7, 11) is -1.89. The summed E-state index contributed by atoms with van der Waals surface area (Å²) in [5.41, 5.74) is 0.636. The number of anilines is 1. The summed E-state index contributed by atoms with van der Waals surface area (Å²) in [5, 5.41) is 1.76. The van der Waals surface area contributed by atoms with Crippen molar-refractivity contribution in [2.75, 3.05) is 18.0 Å². The first kappa shape index (κ1) is 13.9. The van der Waals surface area contributed by atoms with E-state index in [-0.39, 0.29) is 0 Å². The van der Waals surface area contributed by atoms with E-state index in [1.54, 1.807) is 48.9 Å². The smallest absolute Gasteiger partial charge is 0.273 e. The van der Waals surface area contributed by atoms with Gasteiger partial charge in [-0.2, -0.15) is 0 Å².